The Labute approximate surface area is 43.5 Å². The van der Waals surface area contributed by atoms with Gasteiger partial charge in [-0.15, -0.1) is 0 Å². The van der Waals surface area contributed by atoms with Gasteiger partial charge in [0.25, 0.3) is 0 Å². The van der Waals surface area contributed by atoms with Crippen LogP contribution in [-0.2, 0) is 0 Å². The Morgan fingerprint density at radius 3 is 1.75 bits per heavy atom. The van der Waals surface area contributed by atoms with E-state index in [1.807, 2.05) is 0 Å². The van der Waals surface area contributed by atoms with E-state index >= 15 is 0 Å². The van der Waals surface area contributed by atoms with Gasteiger partial charge in [-0.25, -0.2) is 4.39 Å². The lowest BCUT2D eigenvalue weighted by molar-refractivity contribution is -0.150. The van der Waals surface area contributed by atoms with Crippen LogP contribution in [0.15, 0.2) is 0 Å². The first kappa shape index (κ1) is 7.68. The monoisotopic (exact) mass is 131 g/mol. The highest BCUT2D eigenvalue weighted by Gasteiger charge is 2.36. The molecule has 0 aromatic carbocycles. The molecule has 8 heavy (non-hydrogen) atoms. The molecule has 5 heteroatoms. The van der Waals surface area contributed by atoms with Crippen molar-refractivity contribution in [2.45, 2.75) is 12.2 Å². The molecule has 1 unspecified atom stereocenters. The molecule has 0 amide bonds. The maximum Gasteiger partial charge on any atom is 0.406 e. The van der Waals surface area contributed by atoms with Crippen LogP contribution in [0, 0.1) is 0 Å². The minimum atomic E-state index is -4.59. The average molecular weight is 131 g/mol. The van der Waals surface area contributed by atoms with Gasteiger partial charge in [0, 0.05) is 0 Å². The molecule has 0 aromatic heterocycles. The zero-order valence-corrected chi connectivity index (χ0v) is 3.87. The van der Waals surface area contributed by atoms with Gasteiger partial charge in [-0.3, -0.25) is 0 Å². The van der Waals surface area contributed by atoms with Gasteiger partial charge in [0.05, 0.1) is 0 Å². The van der Waals surface area contributed by atoms with Crippen LogP contribution in [0.5, 0.6) is 0 Å². The Bertz CT molecular complexity index is 68.2. The molecule has 0 aliphatic heterocycles. The van der Waals surface area contributed by atoms with Crippen molar-refractivity contribution in [1.82, 2.24) is 0 Å². The molecule has 0 saturated heterocycles. The number of halogens is 4. The largest absolute Gasteiger partial charge is 0.406 e. The maximum atomic E-state index is 11.1. The molecule has 1 nitrogen and oxygen atoms in total. The summed E-state index contributed by atoms with van der Waals surface area (Å²) in [6.45, 7) is -1.55. The van der Waals surface area contributed by atoms with E-state index in [2.05, 4.69) is 5.73 Å². The second kappa shape index (κ2) is 2.30. The summed E-state index contributed by atoms with van der Waals surface area (Å²) in [5, 5.41) is 0. The lowest BCUT2D eigenvalue weighted by Gasteiger charge is -2.09. The van der Waals surface area contributed by atoms with Crippen LogP contribution < -0.4 is 5.73 Å². The number of hydrogen-bond donors (Lipinski definition) is 1. The zero-order chi connectivity index (χ0) is 6.78. The van der Waals surface area contributed by atoms with Gasteiger partial charge in [-0.2, -0.15) is 13.2 Å². The first-order chi connectivity index (χ1) is 3.48. The maximum absolute atomic E-state index is 11.1. The van der Waals surface area contributed by atoms with Crippen molar-refractivity contribution >= 4 is 0 Å². The lowest BCUT2D eigenvalue weighted by Crippen LogP contribution is -2.38. The van der Waals surface area contributed by atoms with Crippen LogP contribution in [0.25, 0.3) is 0 Å². The second-order valence-electron chi connectivity index (χ2n) is 1.30. The predicted molar refractivity (Wildman–Crippen MR) is 20.0 cm³/mol. The fourth-order valence-corrected chi connectivity index (χ4v) is 0.0875. The van der Waals surface area contributed by atoms with E-state index in [1.165, 1.54) is 0 Å². The number of alkyl halides is 4. The fraction of sp³-hybridized carbons (Fsp3) is 1.00. The Kier molecular flexibility index (Phi) is 2.21. The topological polar surface area (TPSA) is 26.0 Å². The molecular formula is C3H5F4N. The summed E-state index contributed by atoms with van der Waals surface area (Å²) in [6.07, 6.45) is -4.59. The highest BCUT2D eigenvalue weighted by Crippen LogP contribution is 2.17. The van der Waals surface area contributed by atoms with Gasteiger partial charge in [0.15, 0.2) is 0 Å². The first-order valence-electron chi connectivity index (χ1n) is 1.86. The molecule has 2 N–H and O–H groups in total. The van der Waals surface area contributed by atoms with Gasteiger partial charge >= 0.3 is 6.18 Å². The molecule has 0 bridgehead atoms. The predicted octanol–water partition coefficient (Wildman–Crippen LogP) is 0.845. The van der Waals surface area contributed by atoms with Crippen LogP contribution in [0.3, 0.4) is 0 Å². The van der Waals surface area contributed by atoms with Crippen LogP contribution in [0.4, 0.5) is 17.6 Å². The number of rotatable bonds is 1. The van der Waals surface area contributed by atoms with E-state index in [-0.39, 0.29) is 0 Å². The van der Waals surface area contributed by atoms with Crippen molar-refractivity contribution in [3.05, 3.63) is 0 Å². The summed E-state index contributed by atoms with van der Waals surface area (Å²) in [6, 6.07) is -2.32. The first-order valence-corrected chi connectivity index (χ1v) is 1.86. The van der Waals surface area contributed by atoms with Crippen molar-refractivity contribution in [2.75, 3.05) is 6.67 Å². The Hall–Kier alpha value is -0.320. The van der Waals surface area contributed by atoms with E-state index in [0.29, 0.717) is 0 Å². The molecule has 0 heterocycles. The third-order valence-corrected chi connectivity index (χ3v) is 0.587. The SMILES string of the molecule is NC(CF)C(F)(F)F. The number of nitrogens with two attached hydrogens (primary N) is 1. The van der Waals surface area contributed by atoms with Crippen molar-refractivity contribution in [1.29, 1.82) is 0 Å². The molecule has 0 aliphatic rings. The summed E-state index contributed by atoms with van der Waals surface area (Å²) in [7, 11) is 0. The van der Waals surface area contributed by atoms with E-state index in [9.17, 15) is 17.6 Å². The molecule has 0 saturated carbocycles. The standard InChI is InChI=1S/C3H5F4N/c4-1-2(8)3(5,6)7/h2H,1,8H2. The average Bonchev–Trinajstić information content (AvgIpc) is 1.62. The van der Waals surface area contributed by atoms with Crippen molar-refractivity contribution in [3.8, 4) is 0 Å². The molecule has 0 fully saturated rings. The molecular weight excluding hydrogens is 126 g/mol. The van der Waals surface area contributed by atoms with Gasteiger partial charge in [0.1, 0.15) is 12.7 Å². The summed E-state index contributed by atoms with van der Waals surface area (Å²) in [4.78, 5) is 0. The van der Waals surface area contributed by atoms with E-state index in [0.717, 1.165) is 0 Å². The highest BCUT2D eigenvalue weighted by molar-refractivity contribution is 4.67. The minimum absolute atomic E-state index is 1.55. The van der Waals surface area contributed by atoms with Crippen molar-refractivity contribution < 1.29 is 17.6 Å². The highest BCUT2D eigenvalue weighted by atomic mass is 19.4. The second-order valence-corrected chi connectivity index (χ2v) is 1.30. The van der Waals surface area contributed by atoms with Gasteiger partial charge in [-0.05, 0) is 0 Å². The third kappa shape index (κ3) is 2.11. The van der Waals surface area contributed by atoms with Gasteiger partial charge in [-0.1, -0.05) is 0 Å². The Morgan fingerprint density at radius 2 is 1.75 bits per heavy atom. The normalized spacial score (nSPS) is 16.1. The summed E-state index contributed by atoms with van der Waals surface area (Å²) < 4.78 is 44.3. The van der Waals surface area contributed by atoms with Crippen LogP contribution in [-0.4, -0.2) is 18.9 Å². The van der Waals surface area contributed by atoms with E-state index < -0.39 is 18.9 Å². The fourth-order valence-electron chi connectivity index (χ4n) is 0.0875. The molecule has 0 spiro atoms. The summed E-state index contributed by atoms with van der Waals surface area (Å²) in [5.41, 5.74) is 4.25. The summed E-state index contributed by atoms with van der Waals surface area (Å²) in [5.74, 6) is 0. The van der Waals surface area contributed by atoms with E-state index in [4.69, 9.17) is 0 Å². The Morgan fingerprint density at radius 1 is 1.38 bits per heavy atom. The van der Waals surface area contributed by atoms with Crippen molar-refractivity contribution in [3.63, 3.8) is 0 Å². The van der Waals surface area contributed by atoms with Crippen molar-refractivity contribution in [2.24, 2.45) is 5.73 Å². The molecule has 0 aliphatic carbocycles. The van der Waals surface area contributed by atoms with Gasteiger partial charge < -0.3 is 5.73 Å². The van der Waals surface area contributed by atoms with Crippen LogP contribution in [0.2, 0.25) is 0 Å². The molecule has 1 atom stereocenters. The van der Waals surface area contributed by atoms with Gasteiger partial charge in [0.2, 0.25) is 0 Å². The molecule has 0 radical (unpaired) electrons. The zero-order valence-electron chi connectivity index (χ0n) is 3.87. The summed E-state index contributed by atoms with van der Waals surface area (Å²) >= 11 is 0. The smallest absolute Gasteiger partial charge is 0.318 e. The Balaban J connectivity index is 3.62. The quantitative estimate of drug-likeness (QED) is 0.524. The lowest BCUT2D eigenvalue weighted by atomic mass is 10.3. The van der Waals surface area contributed by atoms with Crippen LogP contribution in [0.1, 0.15) is 0 Å². The van der Waals surface area contributed by atoms with E-state index in [1.54, 1.807) is 0 Å². The van der Waals surface area contributed by atoms with Crippen LogP contribution >= 0.6 is 0 Å². The molecule has 0 rings (SSSR count). The number of hydrogen-bond acceptors (Lipinski definition) is 1. The molecule has 0 aromatic rings. The third-order valence-electron chi connectivity index (χ3n) is 0.587. The minimum Gasteiger partial charge on any atom is -0.318 e. The molecule has 50 valence electrons.